The molecule has 1 aromatic carbocycles. The van der Waals surface area contributed by atoms with Crippen LogP contribution in [-0.2, 0) is 0 Å². The number of aromatic nitrogens is 3. The van der Waals surface area contributed by atoms with Crippen molar-refractivity contribution in [3.63, 3.8) is 0 Å². The van der Waals surface area contributed by atoms with Crippen LogP contribution < -0.4 is 10.1 Å². The molecule has 1 aliphatic heterocycles. The lowest BCUT2D eigenvalue weighted by Crippen LogP contribution is -2.46. The molecule has 2 N–H and O–H groups in total. The van der Waals surface area contributed by atoms with Gasteiger partial charge in [-0.05, 0) is 44.6 Å². The average molecular weight is 386 g/mol. The third kappa shape index (κ3) is 4.46. The highest BCUT2D eigenvalue weighted by Gasteiger charge is 2.25. The fraction of sp³-hybridized carbons (Fsp3) is 0.667. The number of likely N-dealkylation sites (tertiary alicyclic amines) is 1. The van der Waals surface area contributed by atoms with Crippen molar-refractivity contribution in [1.82, 2.24) is 25.6 Å². The molecule has 1 saturated carbocycles. The van der Waals surface area contributed by atoms with E-state index in [2.05, 4.69) is 25.6 Å². The van der Waals surface area contributed by atoms with Crippen LogP contribution >= 0.6 is 0 Å². The fourth-order valence-electron chi connectivity index (χ4n) is 4.58. The van der Waals surface area contributed by atoms with Gasteiger partial charge in [-0.15, -0.1) is 5.10 Å². The molecule has 2 aromatic rings. The minimum Gasteiger partial charge on any atom is -0.493 e. The molecule has 0 atom stereocenters. The zero-order chi connectivity index (χ0) is 19.3. The summed E-state index contributed by atoms with van der Waals surface area (Å²) in [6.45, 7) is 5.80. The van der Waals surface area contributed by atoms with Crippen molar-refractivity contribution in [3.05, 3.63) is 17.7 Å². The summed E-state index contributed by atoms with van der Waals surface area (Å²) in [5.41, 5.74) is 2.00. The summed E-state index contributed by atoms with van der Waals surface area (Å²) < 4.78 is 5.68. The second kappa shape index (κ2) is 8.90. The first-order chi connectivity index (χ1) is 13.7. The number of H-pyrrole nitrogens is 1. The van der Waals surface area contributed by atoms with Gasteiger partial charge >= 0.3 is 0 Å². The molecule has 0 radical (unpaired) electrons. The Hall–Kier alpha value is -2.15. The van der Waals surface area contributed by atoms with Crippen molar-refractivity contribution in [1.29, 1.82) is 0 Å². The molecule has 2 heterocycles. The van der Waals surface area contributed by atoms with E-state index in [1.54, 1.807) is 12.1 Å². The molecule has 2 aliphatic rings. The molecule has 0 spiro atoms. The van der Waals surface area contributed by atoms with Crippen molar-refractivity contribution in [2.75, 3.05) is 26.2 Å². The van der Waals surface area contributed by atoms with Crippen molar-refractivity contribution < 1.29 is 9.53 Å². The highest BCUT2D eigenvalue weighted by Crippen LogP contribution is 2.26. The Morgan fingerprint density at radius 3 is 2.75 bits per heavy atom. The molecular weight excluding hydrogens is 354 g/mol. The summed E-state index contributed by atoms with van der Waals surface area (Å²) in [6.07, 6.45) is 9.01. The Labute approximate surface area is 166 Å². The Balaban J connectivity index is 1.34. The second-order valence-electron chi connectivity index (χ2n) is 8.16. The van der Waals surface area contributed by atoms with E-state index in [-0.39, 0.29) is 11.9 Å². The largest absolute Gasteiger partial charge is 0.493 e. The summed E-state index contributed by atoms with van der Waals surface area (Å²) in [4.78, 5) is 15.5. The van der Waals surface area contributed by atoms with Gasteiger partial charge in [0, 0.05) is 31.7 Å². The van der Waals surface area contributed by atoms with Crippen LogP contribution in [0.5, 0.6) is 5.75 Å². The standard InChI is InChI=1S/C21H31N5O2/c1-2-28-20-13-19-18(23-25-24-19)12-17(20)21(27)22-16-8-10-26(11-9-16)14-15-6-4-3-5-7-15/h12-13,15-16H,2-11,14H2,1H3,(H,22,27)(H,23,24,25). The Morgan fingerprint density at radius 1 is 1.21 bits per heavy atom. The van der Waals surface area contributed by atoms with Gasteiger partial charge in [0.2, 0.25) is 0 Å². The van der Waals surface area contributed by atoms with Crippen molar-refractivity contribution >= 4 is 16.9 Å². The third-order valence-corrected chi connectivity index (χ3v) is 6.13. The van der Waals surface area contributed by atoms with E-state index in [0.717, 1.165) is 37.4 Å². The summed E-state index contributed by atoms with van der Waals surface area (Å²) in [6, 6.07) is 3.79. The lowest BCUT2D eigenvalue weighted by Gasteiger charge is -2.35. The lowest BCUT2D eigenvalue weighted by atomic mass is 9.88. The highest BCUT2D eigenvalue weighted by atomic mass is 16.5. The predicted octanol–water partition coefficient (Wildman–Crippen LogP) is 3.13. The number of hydrogen-bond donors (Lipinski definition) is 2. The van der Waals surface area contributed by atoms with Crippen molar-refractivity contribution in [2.45, 2.75) is 57.9 Å². The molecule has 152 valence electrons. The van der Waals surface area contributed by atoms with E-state index in [1.165, 1.54) is 38.6 Å². The van der Waals surface area contributed by atoms with Crippen LogP contribution in [0.1, 0.15) is 62.2 Å². The number of carbonyl (C=O) groups excluding carboxylic acids is 1. The topological polar surface area (TPSA) is 83.1 Å². The van der Waals surface area contributed by atoms with E-state index in [1.807, 2.05) is 6.92 Å². The molecular formula is C21H31N5O2. The van der Waals surface area contributed by atoms with Crippen LogP contribution in [0.2, 0.25) is 0 Å². The second-order valence-corrected chi connectivity index (χ2v) is 8.16. The number of aromatic amines is 1. The maximum Gasteiger partial charge on any atom is 0.255 e. The molecule has 1 aliphatic carbocycles. The lowest BCUT2D eigenvalue weighted by molar-refractivity contribution is 0.0898. The number of ether oxygens (including phenoxy) is 1. The monoisotopic (exact) mass is 385 g/mol. The first kappa shape index (κ1) is 19.2. The van der Waals surface area contributed by atoms with Gasteiger partial charge in [0.15, 0.2) is 0 Å². The van der Waals surface area contributed by atoms with E-state index in [0.29, 0.717) is 23.4 Å². The fourth-order valence-corrected chi connectivity index (χ4v) is 4.58. The molecule has 2 fully saturated rings. The number of carbonyl (C=O) groups is 1. The number of benzene rings is 1. The van der Waals surface area contributed by atoms with Gasteiger partial charge in [-0.2, -0.15) is 0 Å². The highest BCUT2D eigenvalue weighted by molar-refractivity contribution is 6.00. The van der Waals surface area contributed by atoms with Crippen molar-refractivity contribution in [2.24, 2.45) is 5.92 Å². The van der Waals surface area contributed by atoms with E-state index in [4.69, 9.17) is 4.74 Å². The van der Waals surface area contributed by atoms with Gasteiger partial charge in [0.25, 0.3) is 5.91 Å². The van der Waals surface area contributed by atoms with Crippen LogP contribution in [0.4, 0.5) is 0 Å². The molecule has 7 nitrogen and oxygen atoms in total. The zero-order valence-electron chi connectivity index (χ0n) is 16.7. The maximum absolute atomic E-state index is 12.9. The van der Waals surface area contributed by atoms with Crippen molar-refractivity contribution in [3.8, 4) is 5.75 Å². The van der Waals surface area contributed by atoms with E-state index in [9.17, 15) is 4.79 Å². The summed E-state index contributed by atoms with van der Waals surface area (Å²) in [7, 11) is 0. The van der Waals surface area contributed by atoms with Crippen LogP contribution in [0.15, 0.2) is 12.1 Å². The Kier molecular flexibility index (Phi) is 6.10. The van der Waals surface area contributed by atoms with Gasteiger partial charge in [-0.25, -0.2) is 0 Å². The summed E-state index contributed by atoms with van der Waals surface area (Å²) >= 11 is 0. The van der Waals surface area contributed by atoms with Gasteiger partial charge in [-0.1, -0.05) is 24.5 Å². The molecule has 1 amide bonds. The molecule has 1 saturated heterocycles. The number of piperidine rings is 1. The van der Waals surface area contributed by atoms with E-state index >= 15 is 0 Å². The van der Waals surface area contributed by atoms with Crippen LogP contribution in [0.25, 0.3) is 11.0 Å². The number of rotatable bonds is 6. The smallest absolute Gasteiger partial charge is 0.255 e. The molecule has 1 aromatic heterocycles. The maximum atomic E-state index is 12.9. The minimum atomic E-state index is -0.0781. The number of hydrogen-bond acceptors (Lipinski definition) is 5. The summed E-state index contributed by atoms with van der Waals surface area (Å²) in [5.74, 6) is 1.37. The van der Waals surface area contributed by atoms with Crippen LogP contribution in [-0.4, -0.2) is 58.5 Å². The SMILES string of the molecule is CCOc1cc2nn[nH]c2cc1C(=O)NC1CCN(CC2CCCCC2)CC1. The molecule has 7 heteroatoms. The average Bonchev–Trinajstić information content (AvgIpc) is 3.17. The number of amides is 1. The van der Waals surface area contributed by atoms with Crippen LogP contribution in [0, 0.1) is 5.92 Å². The Morgan fingerprint density at radius 2 is 2.00 bits per heavy atom. The van der Waals surface area contributed by atoms with Gasteiger partial charge in [0.05, 0.1) is 17.7 Å². The quantitative estimate of drug-likeness (QED) is 0.798. The third-order valence-electron chi connectivity index (χ3n) is 6.13. The molecule has 0 bridgehead atoms. The van der Waals surface area contributed by atoms with E-state index < -0.39 is 0 Å². The summed E-state index contributed by atoms with van der Waals surface area (Å²) in [5, 5.41) is 13.9. The first-order valence-electron chi connectivity index (χ1n) is 10.7. The predicted molar refractivity (Wildman–Crippen MR) is 109 cm³/mol. The number of nitrogens with zero attached hydrogens (tertiary/aromatic N) is 3. The zero-order valence-corrected chi connectivity index (χ0v) is 16.7. The molecule has 0 unspecified atom stereocenters. The number of nitrogens with one attached hydrogen (secondary N) is 2. The van der Waals surface area contributed by atoms with Gasteiger partial charge in [0.1, 0.15) is 11.3 Å². The van der Waals surface area contributed by atoms with Gasteiger partial charge < -0.3 is 15.0 Å². The normalized spacial score (nSPS) is 19.8. The number of fused-ring (bicyclic) bond motifs is 1. The minimum absolute atomic E-state index is 0.0781. The molecule has 28 heavy (non-hydrogen) atoms. The Bertz CT molecular complexity index is 791. The first-order valence-corrected chi connectivity index (χ1v) is 10.7. The molecule has 4 rings (SSSR count). The van der Waals surface area contributed by atoms with Gasteiger partial charge in [-0.3, -0.25) is 9.89 Å². The van der Waals surface area contributed by atoms with Crippen LogP contribution in [0.3, 0.4) is 0 Å².